The molecule has 2 rings (SSSR count). The third-order valence-corrected chi connectivity index (χ3v) is 2.48. The fourth-order valence-corrected chi connectivity index (χ4v) is 1.67. The molecule has 0 fully saturated rings. The largest absolute Gasteiger partial charge is 0.313 e. The summed E-state index contributed by atoms with van der Waals surface area (Å²) in [6.45, 7) is 0. The molecule has 70 valence electrons. The highest BCUT2D eigenvalue weighted by Gasteiger charge is 1.90. The van der Waals surface area contributed by atoms with Crippen molar-refractivity contribution in [3.63, 3.8) is 0 Å². The number of thiazole rings is 1. The van der Waals surface area contributed by atoms with E-state index in [4.69, 9.17) is 0 Å². The van der Waals surface area contributed by atoms with E-state index in [2.05, 4.69) is 4.98 Å². The topological polar surface area (TPSA) is 32.9 Å². The molecule has 2 nitrogen and oxygen atoms in total. The van der Waals surface area contributed by atoms with Gasteiger partial charge in [0.1, 0.15) is 0 Å². The molecule has 0 aliphatic carbocycles. The molecule has 1 heterocycles. The molecular weight excluding hydrogens is 194 g/mol. The number of hydrogen-bond acceptors (Lipinski definition) is 2. The van der Waals surface area contributed by atoms with Crippen molar-refractivity contribution in [3.8, 4) is 0 Å². The van der Waals surface area contributed by atoms with E-state index in [0.717, 1.165) is 11.3 Å². The van der Waals surface area contributed by atoms with Crippen molar-refractivity contribution in [2.24, 2.45) is 0 Å². The molecule has 0 aliphatic heterocycles. The highest BCUT2D eigenvalue weighted by Crippen LogP contribution is 2.05. The van der Waals surface area contributed by atoms with Gasteiger partial charge in [0.15, 0.2) is 0 Å². The van der Waals surface area contributed by atoms with Gasteiger partial charge in [0.05, 0.1) is 5.69 Å². The van der Waals surface area contributed by atoms with Gasteiger partial charge in [-0.2, -0.15) is 0 Å². The van der Waals surface area contributed by atoms with E-state index in [1.54, 1.807) is 0 Å². The van der Waals surface area contributed by atoms with E-state index in [9.17, 15) is 4.79 Å². The summed E-state index contributed by atoms with van der Waals surface area (Å²) >= 11 is 1.18. The normalized spacial score (nSPS) is 10.9. The van der Waals surface area contributed by atoms with Gasteiger partial charge < -0.3 is 4.98 Å². The van der Waals surface area contributed by atoms with Crippen LogP contribution in [0.4, 0.5) is 0 Å². The van der Waals surface area contributed by atoms with E-state index >= 15 is 0 Å². The molecule has 0 saturated carbocycles. The molecule has 1 aromatic carbocycles. The number of nitrogens with one attached hydrogen (secondary N) is 1. The lowest BCUT2D eigenvalue weighted by Crippen LogP contribution is -1.91. The Balaban J connectivity index is 2.19. The van der Waals surface area contributed by atoms with Gasteiger partial charge >= 0.3 is 4.87 Å². The van der Waals surface area contributed by atoms with E-state index < -0.39 is 0 Å². The first kappa shape index (κ1) is 8.97. The van der Waals surface area contributed by atoms with E-state index in [0.29, 0.717) is 0 Å². The number of rotatable bonds is 2. The highest BCUT2D eigenvalue weighted by atomic mass is 32.1. The lowest BCUT2D eigenvalue weighted by atomic mass is 10.2. The van der Waals surface area contributed by atoms with Crippen LogP contribution in [0.1, 0.15) is 11.3 Å². The van der Waals surface area contributed by atoms with Gasteiger partial charge in [-0.1, -0.05) is 47.7 Å². The summed E-state index contributed by atoms with van der Waals surface area (Å²) in [5.74, 6) is 0. The highest BCUT2D eigenvalue weighted by molar-refractivity contribution is 7.07. The summed E-state index contributed by atoms with van der Waals surface area (Å²) in [6.07, 6.45) is 3.87. The molecule has 14 heavy (non-hydrogen) atoms. The summed E-state index contributed by atoms with van der Waals surface area (Å²) in [7, 11) is 0. The zero-order valence-electron chi connectivity index (χ0n) is 7.44. The maximum Gasteiger partial charge on any atom is 0.304 e. The van der Waals surface area contributed by atoms with Crippen LogP contribution in [-0.4, -0.2) is 4.98 Å². The molecule has 0 atom stereocenters. The SMILES string of the molecule is O=c1[nH]c(/C=C/c2ccccc2)cs1. The van der Waals surface area contributed by atoms with Crippen LogP contribution >= 0.6 is 11.3 Å². The second kappa shape index (κ2) is 4.07. The van der Waals surface area contributed by atoms with Gasteiger partial charge in [0, 0.05) is 5.38 Å². The Morgan fingerprint density at radius 3 is 2.57 bits per heavy atom. The molecule has 3 heteroatoms. The van der Waals surface area contributed by atoms with Crippen molar-refractivity contribution >= 4 is 23.5 Å². The Bertz CT molecular complexity index is 481. The molecule has 0 aliphatic rings. The maximum absolute atomic E-state index is 10.8. The van der Waals surface area contributed by atoms with Crippen molar-refractivity contribution in [2.75, 3.05) is 0 Å². The van der Waals surface area contributed by atoms with E-state index in [1.165, 1.54) is 11.3 Å². The van der Waals surface area contributed by atoms with Crippen molar-refractivity contribution in [2.45, 2.75) is 0 Å². The van der Waals surface area contributed by atoms with Crippen LogP contribution < -0.4 is 4.87 Å². The van der Waals surface area contributed by atoms with Gasteiger partial charge in [-0.15, -0.1) is 0 Å². The van der Waals surface area contributed by atoms with Gasteiger partial charge in [0.25, 0.3) is 0 Å². The van der Waals surface area contributed by atoms with Crippen LogP contribution in [0.2, 0.25) is 0 Å². The fourth-order valence-electron chi connectivity index (χ4n) is 1.12. The quantitative estimate of drug-likeness (QED) is 0.799. The first-order valence-electron chi connectivity index (χ1n) is 4.25. The number of hydrogen-bond donors (Lipinski definition) is 1. The van der Waals surface area contributed by atoms with Crippen LogP contribution in [0.3, 0.4) is 0 Å². The molecular formula is C11H9NOS. The molecule has 2 aromatic rings. The Kier molecular flexibility index (Phi) is 2.60. The number of benzene rings is 1. The molecule has 0 spiro atoms. The van der Waals surface area contributed by atoms with Crippen LogP contribution in [0.25, 0.3) is 12.2 Å². The zero-order valence-corrected chi connectivity index (χ0v) is 8.25. The molecule has 1 aromatic heterocycles. The van der Waals surface area contributed by atoms with Gasteiger partial charge in [-0.25, -0.2) is 0 Å². The Labute approximate surface area is 85.6 Å². The minimum absolute atomic E-state index is 0.0160. The van der Waals surface area contributed by atoms with Crippen molar-refractivity contribution in [1.29, 1.82) is 0 Å². The summed E-state index contributed by atoms with van der Waals surface area (Å²) in [5, 5.41) is 1.81. The minimum Gasteiger partial charge on any atom is -0.313 e. The van der Waals surface area contributed by atoms with Crippen molar-refractivity contribution in [3.05, 3.63) is 56.6 Å². The lowest BCUT2D eigenvalue weighted by Gasteiger charge is -1.89. The second-order valence-electron chi connectivity index (χ2n) is 2.85. The molecule has 1 N–H and O–H groups in total. The van der Waals surface area contributed by atoms with Gasteiger partial charge in [0.2, 0.25) is 0 Å². The first-order chi connectivity index (χ1) is 6.84. The summed E-state index contributed by atoms with van der Waals surface area (Å²) in [6, 6.07) is 9.97. The van der Waals surface area contributed by atoms with Crippen molar-refractivity contribution < 1.29 is 0 Å². The van der Waals surface area contributed by atoms with E-state index in [1.807, 2.05) is 47.9 Å². The standard InChI is InChI=1S/C11H9NOS/c13-11-12-10(8-14-11)7-6-9-4-2-1-3-5-9/h1-8H,(H,12,13)/b7-6+. The van der Waals surface area contributed by atoms with Gasteiger partial charge in [-0.05, 0) is 11.6 Å². The van der Waals surface area contributed by atoms with E-state index in [-0.39, 0.29) is 4.87 Å². The summed E-state index contributed by atoms with van der Waals surface area (Å²) < 4.78 is 0. The molecule has 0 amide bonds. The molecule has 0 bridgehead atoms. The molecule has 0 radical (unpaired) electrons. The van der Waals surface area contributed by atoms with Crippen LogP contribution in [-0.2, 0) is 0 Å². The third-order valence-electron chi connectivity index (χ3n) is 1.79. The monoisotopic (exact) mass is 203 g/mol. The van der Waals surface area contributed by atoms with Crippen LogP contribution in [0.5, 0.6) is 0 Å². The third kappa shape index (κ3) is 2.20. The number of aromatic nitrogens is 1. The maximum atomic E-state index is 10.8. The minimum atomic E-state index is -0.0160. The predicted octanol–water partition coefficient (Wildman–Crippen LogP) is 2.61. The summed E-state index contributed by atoms with van der Waals surface area (Å²) in [4.78, 5) is 13.5. The van der Waals surface area contributed by atoms with Crippen molar-refractivity contribution in [1.82, 2.24) is 4.98 Å². The predicted molar refractivity (Wildman–Crippen MR) is 60.3 cm³/mol. The fraction of sp³-hybridized carbons (Fsp3) is 0. The Morgan fingerprint density at radius 2 is 1.93 bits per heavy atom. The second-order valence-corrected chi connectivity index (χ2v) is 3.69. The Morgan fingerprint density at radius 1 is 1.14 bits per heavy atom. The molecule has 0 unspecified atom stereocenters. The number of aromatic amines is 1. The Hall–Kier alpha value is -1.61. The van der Waals surface area contributed by atoms with Crippen LogP contribution in [0, 0.1) is 0 Å². The smallest absolute Gasteiger partial charge is 0.304 e. The summed E-state index contributed by atoms with van der Waals surface area (Å²) in [5.41, 5.74) is 1.98. The van der Waals surface area contributed by atoms with Crippen LogP contribution in [0.15, 0.2) is 40.5 Å². The average molecular weight is 203 g/mol. The number of H-pyrrole nitrogens is 1. The average Bonchev–Trinajstić information content (AvgIpc) is 2.63. The first-order valence-corrected chi connectivity index (χ1v) is 5.13. The zero-order chi connectivity index (χ0) is 9.80. The lowest BCUT2D eigenvalue weighted by molar-refractivity contribution is 1.31. The molecule has 0 saturated heterocycles. The van der Waals surface area contributed by atoms with Gasteiger partial charge in [-0.3, -0.25) is 4.79 Å².